The molecule has 2 heterocycles. The summed E-state index contributed by atoms with van der Waals surface area (Å²) in [5.41, 5.74) is 1.62. The summed E-state index contributed by atoms with van der Waals surface area (Å²) in [4.78, 5) is 4.40. The Balaban J connectivity index is 1.49. The minimum absolute atomic E-state index is 0.775. The molecule has 1 nitrogen and oxygen atoms in total. The Kier molecular flexibility index (Phi) is 3.78. The average molecular weight is 287 g/mol. The number of piperidine rings is 1. The van der Waals surface area contributed by atoms with Crippen molar-refractivity contribution in [2.75, 3.05) is 18.8 Å². The summed E-state index contributed by atoms with van der Waals surface area (Å²) in [7, 11) is 0. The first-order chi connectivity index (χ1) is 9.92. The molecule has 0 amide bonds. The topological polar surface area (TPSA) is 3.24 Å². The van der Waals surface area contributed by atoms with E-state index in [0.717, 1.165) is 17.9 Å². The third-order valence-corrected chi connectivity index (χ3v) is 6.86. The standard InChI is InChI=1S/C18H25NS/c1-3-9-17-14(6-1)7-5-11-19(17)12-15-13-20-18-10-4-2-8-16(15)18/h2,4,8,10,14-15,17H,1,3,5-7,9,11-13H2. The lowest BCUT2D eigenvalue weighted by atomic mass is 9.78. The fourth-order valence-electron chi connectivity index (χ4n) is 4.62. The lowest BCUT2D eigenvalue weighted by Crippen LogP contribution is -2.48. The van der Waals surface area contributed by atoms with E-state index in [1.807, 2.05) is 0 Å². The van der Waals surface area contributed by atoms with E-state index >= 15 is 0 Å². The van der Waals surface area contributed by atoms with Crippen LogP contribution in [-0.2, 0) is 0 Å². The van der Waals surface area contributed by atoms with Crippen LogP contribution in [0.3, 0.4) is 0 Å². The molecule has 0 bridgehead atoms. The van der Waals surface area contributed by atoms with Crippen LogP contribution in [-0.4, -0.2) is 29.8 Å². The van der Waals surface area contributed by atoms with E-state index in [1.165, 1.54) is 62.3 Å². The first-order valence-corrected chi connectivity index (χ1v) is 9.36. The first kappa shape index (κ1) is 13.2. The fourth-order valence-corrected chi connectivity index (χ4v) is 5.86. The molecular weight excluding hydrogens is 262 g/mol. The van der Waals surface area contributed by atoms with Gasteiger partial charge in [-0.2, -0.15) is 0 Å². The lowest BCUT2D eigenvalue weighted by molar-refractivity contribution is 0.0574. The van der Waals surface area contributed by atoms with Crippen molar-refractivity contribution in [2.45, 2.75) is 55.4 Å². The molecule has 108 valence electrons. The van der Waals surface area contributed by atoms with E-state index < -0.39 is 0 Å². The van der Waals surface area contributed by atoms with Gasteiger partial charge in [-0.3, -0.25) is 4.90 Å². The van der Waals surface area contributed by atoms with Crippen LogP contribution in [0.25, 0.3) is 0 Å². The fraction of sp³-hybridized carbons (Fsp3) is 0.667. The zero-order valence-electron chi connectivity index (χ0n) is 12.3. The molecule has 2 fully saturated rings. The second-order valence-electron chi connectivity index (χ2n) is 6.79. The van der Waals surface area contributed by atoms with Crippen molar-refractivity contribution in [1.29, 1.82) is 0 Å². The van der Waals surface area contributed by atoms with Gasteiger partial charge in [-0.05, 0) is 49.8 Å². The van der Waals surface area contributed by atoms with Crippen LogP contribution in [0.1, 0.15) is 50.0 Å². The van der Waals surface area contributed by atoms with Gasteiger partial charge in [0.2, 0.25) is 0 Å². The predicted molar refractivity (Wildman–Crippen MR) is 86.5 cm³/mol. The van der Waals surface area contributed by atoms with Gasteiger partial charge in [-0.1, -0.05) is 31.0 Å². The summed E-state index contributed by atoms with van der Waals surface area (Å²) in [6.45, 7) is 2.66. The molecule has 0 N–H and O–H groups in total. The highest BCUT2D eigenvalue weighted by Crippen LogP contribution is 2.42. The molecule has 3 aliphatic rings. The molecule has 1 saturated heterocycles. The molecule has 4 rings (SSSR count). The zero-order valence-corrected chi connectivity index (χ0v) is 13.1. The van der Waals surface area contributed by atoms with E-state index in [-0.39, 0.29) is 0 Å². The Hall–Kier alpha value is -0.470. The van der Waals surface area contributed by atoms with Gasteiger partial charge in [0.05, 0.1) is 0 Å². The summed E-state index contributed by atoms with van der Waals surface area (Å²) < 4.78 is 0. The highest BCUT2D eigenvalue weighted by atomic mass is 32.2. The molecule has 2 aliphatic heterocycles. The molecule has 0 spiro atoms. The smallest absolute Gasteiger partial charge is 0.0124 e. The van der Waals surface area contributed by atoms with Gasteiger partial charge in [-0.25, -0.2) is 0 Å². The number of rotatable bonds is 2. The average Bonchev–Trinajstić information content (AvgIpc) is 2.91. The van der Waals surface area contributed by atoms with Crippen molar-refractivity contribution in [2.24, 2.45) is 5.92 Å². The molecule has 1 aliphatic carbocycles. The van der Waals surface area contributed by atoms with E-state index in [0.29, 0.717) is 0 Å². The Morgan fingerprint density at radius 1 is 1.05 bits per heavy atom. The van der Waals surface area contributed by atoms with Gasteiger partial charge in [-0.15, -0.1) is 11.8 Å². The third kappa shape index (κ3) is 2.42. The second-order valence-corrected chi connectivity index (χ2v) is 7.86. The molecular formula is C18H25NS. The van der Waals surface area contributed by atoms with Crippen molar-refractivity contribution in [3.8, 4) is 0 Å². The first-order valence-electron chi connectivity index (χ1n) is 8.37. The molecule has 3 atom stereocenters. The molecule has 1 saturated carbocycles. The van der Waals surface area contributed by atoms with E-state index in [4.69, 9.17) is 0 Å². The largest absolute Gasteiger partial charge is 0.299 e. The van der Waals surface area contributed by atoms with E-state index in [1.54, 1.807) is 5.56 Å². The quantitative estimate of drug-likeness (QED) is 0.786. The maximum atomic E-state index is 2.86. The van der Waals surface area contributed by atoms with Gasteiger partial charge in [0, 0.05) is 29.2 Å². The SMILES string of the molecule is c1ccc2c(c1)SCC2CN1CCCC2CCCCC21. The molecule has 0 aromatic heterocycles. The summed E-state index contributed by atoms with van der Waals surface area (Å²) in [6.07, 6.45) is 8.84. The highest BCUT2D eigenvalue weighted by Gasteiger charge is 2.35. The van der Waals surface area contributed by atoms with Crippen molar-refractivity contribution in [3.63, 3.8) is 0 Å². The van der Waals surface area contributed by atoms with Crippen molar-refractivity contribution in [3.05, 3.63) is 29.8 Å². The van der Waals surface area contributed by atoms with Crippen molar-refractivity contribution >= 4 is 11.8 Å². The minimum atomic E-state index is 0.775. The van der Waals surface area contributed by atoms with E-state index in [9.17, 15) is 0 Å². The molecule has 1 aromatic carbocycles. The number of fused-ring (bicyclic) bond motifs is 2. The predicted octanol–water partition coefficient (Wildman–Crippen LogP) is 4.53. The number of likely N-dealkylation sites (tertiary alicyclic amines) is 1. The number of hydrogen-bond donors (Lipinski definition) is 0. The maximum absolute atomic E-state index is 2.86. The van der Waals surface area contributed by atoms with Gasteiger partial charge in [0.25, 0.3) is 0 Å². The number of benzene rings is 1. The molecule has 20 heavy (non-hydrogen) atoms. The van der Waals surface area contributed by atoms with Crippen LogP contribution < -0.4 is 0 Å². The summed E-state index contributed by atoms with van der Waals surface area (Å²) in [5.74, 6) is 3.09. The van der Waals surface area contributed by atoms with Crippen molar-refractivity contribution in [1.82, 2.24) is 4.90 Å². The van der Waals surface area contributed by atoms with Gasteiger partial charge < -0.3 is 0 Å². The number of thioether (sulfide) groups is 1. The Bertz CT molecular complexity index is 470. The third-order valence-electron chi connectivity index (χ3n) is 5.61. The van der Waals surface area contributed by atoms with Crippen LogP contribution in [0, 0.1) is 5.92 Å². The van der Waals surface area contributed by atoms with Crippen LogP contribution in [0.5, 0.6) is 0 Å². The lowest BCUT2D eigenvalue weighted by Gasteiger charge is -2.45. The Morgan fingerprint density at radius 2 is 1.90 bits per heavy atom. The normalized spacial score (nSPS) is 33.7. The molecule has 2 heteroatoms. The molecule has 0 radical (unpaired) electrons. The van der Waals surface area contributed by atoms with Gasteiger partial charge >= 0.3 is 0 Å². The van der Waals surface area contributed by atoms with Crippen LogP contribution in [0.4, 0.5) is 0 Å². The number of nitrogens with zero attached hydrogens (tertiary/aromatic N) is 1. The Labute approximate surface area is 127 Å². The second kappa shape index (κ2) is 5.73. The van der Waals surface area contributed by atoms with E-state index in [2.05, 4.69) is 40.9 Å². The summed E-state index contributed by atoms with van der Waals surface area (Å²) in [6, 6.07) is 9.99. The van der Waals surface area contributed by atoms with Crippen molar-refractivity contribution < 1.29 is 0 Å². The van der Waals surface area contributed by atoms with Crippen LogP contribution in [0.2, 0.25) is 0 Å². The van der Waals surface area contributed by atoms with Gasteiger partial charge in [0.15, 0.2) is 0 Å². The zero-order chi connectivity index (χ0) is 13.4. The summed E-state index contributed by atoms with van der Waals surface area (Å²) >= 11 is 2.07. The molecule has 3 unspecified atom stereocenters. The monoisotopic (exact) mass is 287 g/mol. The van der Waals surface area contributed by atoms with Crippen LogP contribution in [0.15, 0.2) is 29.2 Å². The minimum Gasteiger partial charge on any atom is -0.299 e. The van der Waals surface area contributed by atoms with Crippen LogP contribution >= 0.6 is 11.8 Å². The highest BCUT2D eigenvalue weighted by molar-refractivity contribution is 7.99. The summed E-state index contributed by atoms with van der Waals surface area (Å²) in [5, 5.41) is 0. The maximum Gasteiger partial charge on any atom is 0.0124 e. The number of hydrogen-bond acceptors (Lipinski definition) is 2. The molecule has 1 aromatic rings. The van der Waals surface area contributed by atoms with Gasteiger partial charge in [0.1, 0.15) is 0 Å². The Morgan fingerprint density at radius 3 is 2.90 bits per heavy atom.